The Labute approximate surface area is 184 Å². The fraction of sp³-hybridized carbons (Fsp3) is 0.231. The maximum atomic E-state index is 4.76. The number of hydrogen-bond donors (Lipinski definition) is 0. The molecule has 3 aromatic carbocycles. The van der Waals surface area contributed by atoms with Gasteiger partial charge in [0.25, 0.3) is 0 Å². The summed E-state index contributed by atoms with van der Waals surface area (Å²) in [7, 11) is 0. The van der Waals surface area contributed by atoms with Gasteiger partial charge in [0.15, 0.2) is 0 Å². The van der Waals surface area contributed by atoms with Gasteiger partial charge < -0.3 is 0 Å². The molecule has 0 bridgehead atoms. The Morgan fingerprint density at radius 1 is 0.800 bits per heavy atom. The molecule has 2 heterocycles. The number of thiophene rings is 1. The van der Waals surface area contributed by atoms with Crippen LogP contribution in [0.3, 0.4) is 0 Å². The van der Waals surface area contributed by atoms with E-state index < -0.39 is 13.3 Å². The summed E-state index contributed by atoms with van der Waals surface area (Å²) in [5, 5.41) is 3.81. The summed E-state index contributed by atoms with van der Waals surface area (Å²) in [5.41, 5.74) is 4.73. The van der Waals surface area contributed by atoms with Gasteiger partial charge in [0.05, 0.1) is 0 Å². The second kappa shape index (κ2) is 7.17. The molecule has 0 fully saturated rings. The Hall–Kier alpha value is -2.24. The molecule has 2 nitrogen and oxygen atoms in total. The van der Waals surface area contributed by atoms with E-state index in [2.05, 4.69) is 90.7 Å². The minimum absolute atomic E-state index is 0.506. The van der Waals surface area contributed by atoms with Gasteiger partial charge in [-0.15, -0.1) is 0 Å². The van der Waals surface area contributed by atoms with E-state index in [9.17, 15) is 0 Å². The van der Waals surface area contributed by atoms with E-state index in [0.717, 1.165) is 16.6 Å². The molecule has 0 amide bonds. The van der Waals surface area contributed by atoms with Crippen LogP contribution in [-0.4, -0.2) is 23.2 Å². The number of aromatic nitrogens is 2. The van der Waals surface area contributed by atoms with Crippen LogP contribution in [0.5, 0.6) is 0 Å². The summed E-state index contributed by atoms with van der Waals surface area (Å²) in [5.74, 6) is 7.78. The molecule has 0 radical (unpaired) electrons. The third-order valence-corrected chi connectivity index (χ3v) is 11.5. The zero-order valence-electron chi connectivity index (χ0n) is 18.2. The predicted molar refractivity (Wildman–Crippen MR) is 135 cm³/mol. The number of rotatable bonds is 3. The predicted octanol–water partition coefficient (Wildman–Crippen LogP) is 7.33. The van der Waals surface area contributed by atoms with Crippen LogP contribution in [-0.2, 0) is 0 Å². The first kappa shape index (κ1) is 19.7. The van der Waals surface area contributed by atoms with Crippen molar-refractivity contribution in [1.82, 2.24) is 9.97 Å². The van der Waals surface area contributed by atoms with Crippen LogP contribution < -0.4 is 4.40 Å². The van der Waals surface area contributed by atoms with E-state index >= 15 is 0 Å². The van der Waals surface area contributed by atoms with E-state index in [1.54, 1.807) is 6.33 Å². The summed E-state index contributed by atoms with van der Waals surface area (Å²) in [4.78, 5) is 9.38. The molecular weight excluding hydrogens is 445 g/mol. The van der Waals surface area contributed by atoms with Crippen LogP contribution in [0.25, 0.3) is 42.3 Å². The molecular formula is C26H26GeN2S. The first-order chi connectivity index (χ1) is 14.3. The fourth-order valence-corrected chi connectivity index (χ4v) is 8.12. The molecule has 150 valence electrons. The Morgan fingerprint density at radius 3 is 2.27 bits per heavy atom. The number of fused-ring (bicyclic) bond motifs is 4. The molecule has 0 saturated carbocycles. The van der Waals surface area contributed by atoms with Crippen molar-refractivity contribution >= 4 is 60.1 Å². The zero-order chi connectivity index (χ0) is 21.0. The van der Waals surface area contributed by atoms with Crippen LogP contribution in [0.15, 0.2) is 60.9 Å². The van der Waals surface area contributed by atoms with E-state index in [4.69, 9.17) is 4.98 Å². The molecule has 0 atom stereocenters. The zero-order valence-corrected chi connectivity index (χ0v) is 21.1. The summed E-state index contributed by atoms with van der Waals surface area (Å²) in [6.45, 7) is 4.55. The topological polar surface area (TPSA) is 25.8 Å². The van der Waals surface area contributed by atoms with Crippen LogP contribution in [0.1, 0.15) is 25.3 Å². The van der Waals surface area contributed by atoms with Crippen molar-refractivity contribution in [3.63, 3.8) is 0 Å². The van der Waals surface area contributed by atoms with Crippen molar-refractivity contribution in [2.45, 2.75) is 37.0 Å². The number of nitrogens with zero attached hydrogens (tertiary/aromatic N) is 2. The monoisotopic (exact) mass is 472 g/mol. The van der Waals surface area contributed by atoms with Crippen molar-refractivity contribution < 1.29 is 0 Å². The van der Waals surface area contributed by atoms with Gasteiger partial charge in [-0.1, -0.05) is 0 Å². The molecule has 0 N–H and O–H groups in total. The first-order valence-corrected chi connectivity index (χ1v) is 18.7. The van der Waals surface area contributed by atoms with Gasteiger partial charge in [-0.25, -0.2) is 0 Å². The number of hydrogen-bond acceptors (Lipinski definition) is 3. The van der Waals surface area contributed by atoms with Gasteiger partial charge in [0.2, 0.25) is 0 Å². The van der Waals surface area contributed by atoms with Gasteiger partial charge in [-0.3, -0.25) is 0 Å². The molecule has 0 aliphatic rings. The molecule has 0 spiro atoms. The molecule has 5 aromatic rings. The van der Waals surface area contributed by atoms with Crippen LogP contribution in [0.2, 0.25) is 17.3 Å². The number of benzene rings is 3. The van der Waals surface area contributed by atoms with Gasteiger partial charge in [-0.05, 0) is 0 Å². The summed E-state index contributed by atoms with van der Waals surface area (Å²) >= 11 is -0.00513. The van der Waals surface area contributed by atoms with Gasteiger partial charge in [0.1, 0.15) is 0 Å². The molecule has 2 aromatic heterocycles. The van der Waals surface area contributed by atoms with Crippen LogP contribution in [0.4, 0.5) is 0 Å². The Bertz CT molecular complexity index is 1410. The molecule has 4 heteroatoms. The molecule has 0 aliphatic carbocycles. The Morgan fingerprint density at radius 2 is 1.53 bits per heavy atom. The summed E-state index contributed by atoms with van der Waals surface area (Å²) in [6.07, 6.45) is 1.73. The molecule has 5 rings (SSSR count). The van der Waals surface area contributed by atoms with Gasteiger partial charge in [-0.2, -0.15) is 0 Å². The fourth-order valence-electron chi connectivity index (χ4n) is 4.22. The van der Waals surface area contributed by atoms with Crippen LogP contribution >= 0.6 is 11.3 Å². The van der Waals surface area contributed by atoms with Crippen LogP contribution in [0, 0.1) is 0 Å². The second-order valence-electron chi connectivity index (χ2n) is 9.37. The average Bonchev–Trinajstić information content (AvgIpc) is 3.11. The Balaban J connectivity index is 1.80. The molecule has 0 aliphatic heterocycles. The maximum absolute atomic E-state index is 4.76. The molecule has 30 heavy (non-hydrogen) atoms. The van der Waals surface area contributed by atoms with E-state index in [1.807, 2.05) is 11.3 Å². The standard InChI is InChI=1S/C26H26GeN2S/c1-16(2)18-8-6-9-19-20-10-7-11-22(26(20)30-25(18)19)24-21-13-12-17(27(3,4)5)14-23(21)28-15-29-24/h6-16H,1-5H3. The quantitative estimate of drug-likeness (QED) is 0.258. The first-order valence-electron chi connectivity index (χ1n) is 10.5. The van der Waals surface area contributed by atoms with Gasteiger partial charge in [0, 0.05) is 0 Å². The van der Waals surface area contributed by atoms with Crippen molar-refractivity contribution in [3.05, 3.63) is 66.5 Å². The van der Waals surface area contributed by atoms with Crippen molar-refractivity contribution in [1.29, 1.82) is 0 Å². The minimum atomic E-state index is -1.91. The van der Waals surface area contributed by atoms with Crippen molar-refractivity contribution in [3.8, 4) is 11.3 Å². The van der Waals surface area contributed by atoms with E-state index in [0.29, 0.717) is 5.92 Å². The summed E-state index contributed by atoms with van der Waals surface area (Å²) < 4.78 is 4.20. The van der Waals surface area contributed by atoms with Crippen molar-refractivity contribution in [2.75, 3.05) is 0 Å². The van der Waals surface area contributed by atoms with Crippen molar-refractivity contribution in [2.24, 2.45) is 0 Å². The Kier molecular flexibility index (Phi) is 4.71. The normalized spacial score (nSPS) is 12.5. The third kappa shape index (κ3) is 3.15. The third-order valence-electron chi connectivity index (χ3n) is 5.93. The second-order valence-corrected chi connectivity index (χ2v) is 21.0. The SMILES string of the molecule is CC(C)c1cccc2c1sc1c(-c3ncnc4c[c]([Ge]([CH3])([CH3])[CH3])ccc34)cccc12. The summed E-state index contributed by atoms with van der Waals surface area (Å²) in [6, 6.07) is 20.2. The van der Waals surface area contributed by atoms with E-state index in [-0.39, 0.29) is 0 Å². The van der Waals surface area contributed by atoms with Gasteiger partial charge >= 0.3 is 185 Å². The van der Waals surface area contributed by atoms with E-state index in [1.165, 1.54) is 35.7 Å². The molecule has 0 unspecified atom stereocenters. The average molecular weight is 471 g/mol. The molecule has 0 saturated heterocycles.